The number of aromatic nitrogens is 1. The predicted molar refractivity (Wildman–Crippen MR) is 119 cm³/mol. The zero-order chi connectivity index (χ0) is 20.6. The molecule has 0 unspecified atom stereocenters. The van der Waals surface area contributed by atoms with Crippen LogP contribution in [0.3, 0.4) is 0 Å². The minimum absolute atomic E-state index is 0.201. The van der Waals surface area contributed by atoms with Gasteiger partial charge in [-0.3, -0.25) is 9.69 Å². The number of carbonyl (C=O) groups is 1. The molecule has 148 valence electrons. The number of anilines is 1. The second kappa shape index (κ2) is 7.87. The van der Waals surface area contributed by atoms with Crippen LogP contribution in [0.15, 0.2) is 65.6 Å². The van der Waals surface area contributed by atoms with Gasteiger partial charge < -0.3 is 0 Å². The van der Waals surface area contributed by atoms with Crippen molar-refractivity contribution in [3.05, 3.63) is 75.4 Å². The summed E-state index contributed by atoms with van der Waals surface area (Å²) >= 11 is 8.52. The fourth-order valence-corrected chi connectivity index (χ4v) is 5.51. The van der Waals surface area contributed by atoms with Crippen molar-refractivity contribution < 1.29 is 13.2 Å². The van der Waals surface area contributed by atoms with Crippen molar-refractivity contribution in [3.8, 4) is 0 Å². The molecule has 29 heavy (non-hydrogen) atoms. The van der Waals surface area contributed by atoms with Gasteiger partial charge in [0.2, 0.25) is 0 Å². The van der Waals surface area contributed by atoms with E-state index >= 15 is 0 Å². The third-order valence-electron chi connectivity index (χ3n) is 4.22. The van der Waals surface area contributed by atoms with Crippen molar-refractivity contribution in [1.29, 1.82) is 0 Å². The van der Waals surface area contributed by atoms with Crippen LogP contribution in [0.2, 0.25) is 4.34 Å². The van der Waals surface area contributed by atoms with E-state index in [9.17, 15) is 13.2 Å². The molecule has 0 aliphatic carbocycles. The van der Waals surface area contributed by atoms with Gasteiger partial charge in [0.25, 0.3) is 5.91 Å². The maximum absolute atomic E-state index is 13.2. The molecule has 0 saturated carbocycles. The summed E-state index contributed by atoms with van der Waals surface area (Å²) in [6.07, 6.45) is 1.17. The summed E-state index contributed by atoms with van der Waals surface area (Å²) in [6.45, 7) is 0.341. The number of nitrogens with zero attached hydrogens (tertiary/aromatic N) is 2. The SMILES string of the molecule is CS(=O)(=O)c1ccc2nc(N(Cc3ccccc3)C(=O)c3ccc(Cl)s3)sc2c1. The summed E-state index contributed by atoms with van der Waals surface area (Å²) in [7, 11) is -3.33. The zero-order valence-corrected chi connectivity index (χ0v) is 18.4. The fourth-order valence-electron chi connectivity index (χ4n) is 2.79. The number of thiophene rings is 1. The molecule has 0 atom stereocenters. The minimum atomic E-state index is -3.33. The number of halogens is 1. The first-order valence-electron chi connectivity index (χ1n) is 8.53. The van der Waals surface area contributed by atoms with Crippen LogP contribution in [0.1, 0.15) is 15.2 Å². The molecule has 4 aromatic rings. The van der Waals surface area contributed by atoms with E-state index in [2.05, 4.69) is 4.98 Å². The first-order chi connectivity index (χ1) is 13.8. The highest BCUT2D eigenvalue weighted by Crippen LogP contribution is 2.33. The number of thiazole rings is 1. The summed E-state index contributed by atoms with van der Waals surface area (Å²) in [5, 5.41) is 0.504. The molecule has 0 N–H and O–H groups in total. The van der Waals surface area contributed by atoms with E-state index in [0.717, 1.165) is 5.56 Å². The topological polar surface area (TPSA) is 67.3 Å². The van der Waals surface area contributed by atoms with Gasteiger partial charge in [-0.05, 0) is 35.9 Å². The second-order valence-corrected chi connectivity index (χ2v) is 11.1. The van der Waals surface area contributed by atoms with Gasteiger partial charge in [0, 0.05) is 6.26 Å². The van der Waals surface area contributed by atoms with Crippen LogP contribution in [0, 0.1) is 0 Å². The van der Waals surface area contributed by atoms with Crippen LogP contribution in [-0.4, -0.2) is 25.6 Å². The highest BCUT2D eigenvalue weighted by atomic mass is 35.5. The monoisotopic (exact) mass is 462 g/mol. The predicted octanol–water partition coefficient (Wildman–Crippen LogP) is 5.26. The zero-order valence-electron chi connectivity index (χ0n) is 15.2. The van der Waals surface area contributed by atoms with Gasteiger partial charge >= 0.3 is 0 Å². The number of hydrogen-bond acceptors (Lipinski definition) is 6. The molecule has 0 spiro atoms. The number of hydrogen-bond donors (Lipinski definition) is 0. The molecule has 0 aliphatic heterocycles. The maximum atomic E-state index is 13.2. The maximum Gasteiger partial charge on any atom is 0.270 e. The van der Waals surface area contributed by atoms with Crippen LogP contribution in [0.5, 0.6) is 0 Å². The van der Waals surface area contributed by atoms with Crippen molar-refractivity contribution in [2.75, 3.05) is 11.2 Å². The Kier molecular flexibility index (Phi) is 5.44. The number of benzene rings is 2. The number of sulfone groups is 1. The molecule has 2 aromatic carbocycles. The summed E-state index contributed by atoms with van der Waals surface area (Å²) in [5.41, 5.74) is 1.60. The van der Waals surface area contributed by atoms with E-state index in [0.29, 0.717) is 31.1 Å². The molecule has 0 fully saturated rings. The molecule has 4 rings (SSSR count). The lowest BCUT2D eigenvalue weighted by molar-refractivity contribution is 0.0989. The van der Waals surface area contributed by atoms with E-state index in [4.69, 9.17) is 11.6 Å². The quantitative estimate of drug-likeness (QED) is 0.405. The Balaban J connectivity index is 1.78. The van der Waals surface area contributed by atoms with Gasteiger partial charge in [0.15, 0.2) is 15.0 Å². The Morgan fingerprint density at radius 1 is 1.07 bits per heavy atom. The smallest absolute Gasteiger partial charge is 0.270 e. The van der Waals surface area contributed by atoms with E-state index < -0.39 is 9.84 Å². The van der Waals surface area contributed by atoms with Gasteiger partial charge in [0.05, 0.1) is 30.9 Å². The van der Waals surface area contributed by atoms with Crippen LogP contribution in [0.4, 0.5) is 5.13 Å². The van der Waals surface area contributed by atoms with Gasteiger partial charge in [-0.1, -0.05) is 53.3 Å². The molecular weight excluding hydrogens is 448 g/mol. The third-order valence-corrected chi connectivity index (χ3v) is 7.59. The largest absolute Gasteiger partial charge is 0.279 e. The van der Waals surface area contributed by atoms with E-state index in [1.807, 2.05) is 30.3 Å². The van der Waals surface area contributed by atoms with E-state index in [1.54, 1.807) is 29.2 Å². The lowest BCUT2D eigenvalue weighted by atomic mass is 10.2. The summed E-state index contributed by atoms with van der Waals surface area (Å²) in [6, 6.07) is 17.8. The molecular formula is C20H15ClN2O3S3. The summed E-state index contributed by atoms with van der Waals surface area (Å²) in [4.78, 5) is 20.1. The van der Waals surface area contributed by atoms with Crippen molar-refractivity contribution in [2.45, 2.75) is 11.4 Å². The van der Waals surface area contributed by atoms with E-state index in [1.165, 1.54) is 35.0 Å². The Hall–Kier alpha value is -2.26. The standard InChI is InChI=1S/C20H15ClN2O3S3/c1-29(25,26)14-7-8-15-17(11-14)28-20(22-15)23(12-13-5-3-2-4-6-13)19(24)16-9-10-18(21)27-16/h2-11H,12H2,1H3. The van der Waals surface area contributed by atoms with Gasteiger partial charge in [0.1, 0.15) is 0 Å². The van der Waals surface area contributed by atoms with Gasteiger partial charge in [-0.25, -0.2) is 13.4 Å². The van der Waals surface area contributed by atoms with Crippen LogP contribution in [0.25, 0.3) is 10.2 Å². The number of fused-ring (bicyclic) bond motifs is 1. The third kappa shape index (κ3) is 4.35. The van der Waals surface area contributed by atoms with Gasteiger partial charge in [-0.15, -0.1) is 11.3 Å². The fraction of sp³-hybridized carbons (Fsp3) is 0.100. The molecule has 0 aliphatic rings. The number of amides is 1. The summed E-state index contributed by atoms with van der Waals surface area (Å²) in [5.74, 6) is -0.201. The van der Waals surface area contributed by atoms with Crippen molar-refractivity contribution in [2.24, 2.45) is 0 Å². The van der Waals surface area contributed by atoms with Crippen LogP contribution in [-0.2, 0) is 16.4 Å². The number of carbonyl (C=O) groups excluding carboxylic acids is 1. The lowest BCUT2D eigenvalue weighted by Crippen LogP contribution is -2.29. The van der Waals surface area contributed by atoms with E-state index in [-0.39, 0.29) is 10.8 Å². The normalized spacial score (nSPS) is 11.7. The molecule has 0 radical (unpaired) electrons. The average Bonchev–Trinajstić information content (AvgIpc) is 3.31. The minimum Gasteiger partial charge on any atom is -0.279 e. The van der Waals surface area contributed by atoms with Crippen molar-refractivity contribution in [3.63, 3.8) is 0 Å². The highest BCUT2D eigenvalue weighted by molar-refractivity contribution is 7.90. The Morgan fingerprint density at radius 2 is 1.83 bits per heavy atom. The Bertz CT molecular complexity index is 1300. The molecule has 2 heterocycles. The molecule has 2 aromatic heterocycles. The molecule has 0 saturated heterocycles. The molecule has 1 amide bonds. The average molecular weight is 463 g/mol. The molecule has 9 heteroatoms. The first kappa shape index (κ1) is 20.0. The molecule has 0 bridgehead atoms. The van der Waals surface area contributed by atoms with Crippen molar-refractivity contribution >= 4 is 65.4 Å². The lowest BCUT2D eigenvalue weighted by Gasteiger charge is -2.19. The number of rotatable bonds is 5. The Labute approximate surface area is 181 Å². The van der Waals surface area contributed by atoms with Crippen molar-refractivity contribution in [1.82, 2.24) is 4.98 Å². The highest BCUT2D eigenvalue weighted by Gasteiger charge is 2.23. The Morgan fingerprint density at radius 3 is 2.48 bits per heavy atom. The van der Waals surface area contributed by atoms with Crippen LogP contribution < -0.4 is 4.90 Å². The first-order valence-corrected chi connectivity index (χ1v) is 12.4. The molecule has 5 nitrogen and oxygen atoms in total. The van der Waals surface area contributed by atoms with Crippen LogP contribution >= 0.6 is 34.3 Å². The second-order valence-electron chi connectivity index (χ2n) is 6.38. The van der Waals surface area contributed by atoms with Gasteiger partial charge in [-0.2, -0.15) is 0 Å². The summed E-state index contributed by atoms with van der Waals surface area (Å²) < 4.78 is 25.0.